The minimum Gasteiger partial charge on any atom is -0.295 e. The van der Waals surface area contributed by atoms with Crippen molar-refractivity contribution in [2.75, 3.05) is 4.90 Å². The average Bonchev–Trinajstić information content (AvgIpc) is 3.53. The molecular formula is C49H32N2. The summed E-state index contributed by atoms with van der Waals surface area (Å²) in [6, 6.07) is 67.7. The van der Waals surface area contributed by atoms with Crippen LogP contribution in [0.4, 0.5) is 17.2 Å². The normalized spacial score (nSPS) is 11.5. The number of fused-ring (bicyclic) bond motifs is 4. The van der Waals surface area contributed by atoms with Crippen LogP contribution in [0.5, 0.6) is 0 Å². The summed E-state index contributed by atoms with van der Waals surface area (Å²) >= 11 is 0. The summed E-state index contributed by atoms with van der Waals surface area (Å²) in [5, 5.41) is 5.11. The van der Waals surface area contributed by atoms with Gasteiger partial charge in [0.2, 0.25) is 0 Å². The van der Waals surface area contributed by atoms with Gasteiger partial charge in [-0.1, -0.05) is 152 Å². The molecule has 1 heterocycles. The second-order valence-electron chi connectivity index (χ2n) is 13.1. The fourth-order valence-corrected chi connectivity index (χ4v) is 8.15. The quantitative estimate of drug-likeness (QED) is 0.178. The van der Waals surface area contributed by atoms with Gasteiger partial charge < -0.3 is 0 Å². The lowest BCUT2D eigenvalue weighted by Crippen LogP contribution is -2.11. The van der Waals surface area contributed by atoms with Crippen molar-refractivity contribution in [3.63, 3.8) is 0 Å². The van der Waals surface area contributed by atoms with E-state index in [0.29, 0.717) is 0 Å². The van der Waals surface area contributed by atoms with E-state index in [1.807, 2.05) is 18.3 Å². The largest absolute Gasteiger partial charge is 0.295 e. The van der Waals surface area contributed by atoms with Gasteiger partial charge >= 0.3 is 0 Å². The summed E-state index contributed by atoms with van der Waals surface area (Å²) in [4.78, 5) is 6.98. The van der Waals surface area contributed by atoms with Gasteiger partial charge in [0.25, 0.3) is 0 Å². The number of rotatable bonds is 6. The van der Waals surface area contributed by atoms with Gasteiger partial charge in [0.1, 0.15) is 5.82 Å². The Balaban J connectivity index is 1.24. The first-order valence-corrected chi connectivity index (χ1v) is 17.5. The van der Waals surface area contributed by atoms with Gasteiger partial charge in [-0.2, -0.15) is 0 Å². The van der Waals surface area contributed by atoms with Crippen molar-refractivity contribution in [2.45, 2.75) is 0 Å². The Bertz CT molecular complexity index is 2590. The highest BCUT2D eigenvalue weighted by atomic mass is 15.2. The third kappa shape index (κ3) is 4.69. The lowest BCUT2D eigenvalue weighted by molar-refractivity contribution is 1.18. The van der Waals surface area contributed by atoms with E-state index in [1.165, 1.54) is 77.2 Å². The van der Waals surface area contributed by atoms with Crippen LogP contribution in [0.1, 0.15) is 0 Å². The number of pyridine rings is 1. The van der Waals surface area contributed by atoms with Crippen molar-refractivity contribution in [3.8, 4) is 55.6 Å². The van der Waals surface area contributed by atoms with Crippen LogP contribution in [0, 0.1) is 0 Å². The molecule has 0 bridgehead atoms. The van der Waals surface area contributed by atoms with Crippen molar-refractivity contribution in [1.82, 2.24) is 4.98 Å². The van der Waals surface area contributed by atoms with E-state index < -0.39 is 0 Å². The van der Waals surface area contributed by atoms with Gasteiger partial charge in [-0.15, -0.1) is 0 Å². The third-order valence-corrected chi connectivity index (χ3v) is 10.2. The second kappa shape index (κ2) is 12.0. The van der Waals surface area contributed by atoms with Crippen LogP contribution in [0.3, 0.4) is 0 Å². The van der Waals surface area contributed by atoms with Crippen LogP contribution in [-0.4, -0.2) is 4.98 Å². The van der Waals surface area contributed by atoms with Crippen molar-refractivity contribution >= 4 is 38.7 Å². The molecule has 0 radical (unpaired) electrons. The van der Waals surface area contributed by atoms with Crippen LogP contribution in [0.15, 0.2) is 194 Å². The molecule has 1 aliphatic carbocycles. The number of nitrogens with zero attached hydrogens (tertiary/aromatic N) is 2. The highest BCUT2D eigenvalue weighted by Gasteiger charge is 2.31. The predicted octanol–water partition coefficient (Wildman–Crippen LogP) is 13.5. The predicted molar refractivity (Wildman–Crippen MR) is 215 cm³/mol. The van der Waals surface area contributed by atoms with E-state index in [0.717, 1.165) is 17.2 Å². The fraction of sp³-hybridized carbons (Fsp3) is 0. The fourth-order valence-electron chi connectivity index (χ4n) is 8.15. The van der Waals surface area contributed by atoms with E-state index in [4.69, 9.17) is 4.98 Å². The molecule has 1 aromatic heterocycles. The monoisotopic (exact) mass is 648 g/mol. The molecule has 0 atom stereocenters. The van der Waals surface area contributed by atoms with E-state index in [-0.39, 0.29) is 0 Å². The maximum atomic E-state index is 4.75. The molecule has 0 aliphatic heterocycles. The molecule has 51 heavy (non-hydrogen) atoms. The number of benzene rings is 8. The molecule has 0 fully saturated rings. The van der Waals surface area contributed by atoms with E-state index in [1.54, 1.807) is 0 Å². The molecule has 8 aromatic carbocycles. The number of para-hydroxylation sites is 1. The summed E-state index contributed by atoms with van der Waals surface area (Å²) < 4.78 is 0. The van der Waals surface area contributed by atoms with Gasteiger partial charge in [0.15, 0.2) is 0 Å². The lowest BCUT2D eigenvalue weighted by Gasteiger charge is -2.24. The average molecular weight is 649 g/mol. The zero-order valence-corrected chi connectivity index (χ0v) is 27.9. The number of anilines is 3. The molecule has 238 valence electrons. The maximum absolute atomic E-state index is 4.75. The number of hydrogen-bond acceptors (Lipinski definition) is 2. The van der Waals surface area contributed by atoms with Crippen LogP contribution in [-0.2, 0) is 0 Å². The van der Waals surface area contributed by atoms with Crippen LogP contribution >= 0.6 is 0 Å². The molecule has 0 saturated carbocycles. The first kappa shape index (κ1) is 29.2. The Hall–Kier alpha value is -6.77. The Morgan fingerprint density at radius 1 is 0.333 bits per heavy atom. The summed E-state index contributed by atoms with van der Waals surface area (Å²) in [6.07, 6.45) is 1.85. The molecule has 2 nitrogen and oxygen atoms in total. The summed E-state index contributed by atoms with van der Waals surface area (Å²) in [7, 11) is 0. The van der Waals surface area contributed by atoms with E-state index in [2.05, 4.69) is 181 Å². The topological polar surface area (TPSA) is 16.1 Å². The molecule has 10 rings (SSSR count). The second-order valence-corrected chi connectivity index (χ2v) is 13.1. The number of aromatic nitrogens is 1. The van der Waals surface area contributed by atoms with Gasteiger partial charge in [-0.25, -0.2) is 4.98 Å². The van der Waals surface area contributed by atoms with Crippen LogP contribution in [0.2, 0.25) is 0 Å². The highest BCUT2D eigenvalue weighted by Crippen LogP contribution is 2.58. The Kier molecular flexibility index (Phi) is 6.85. The Labute approximate surface area is 297 Å². The van der Waals surface area contributed by atoms with E-state index >= 15 is 0 Å². The highest BCUT2D eigenvalue weighted by molar-refractivity contribution is 6.28. The minimum absolute atomic E-state index is 0.880. The van der Waals surface area contributed by atoms with Crippen molar-refractivity contribution in [3.05, 3.63) is 194 Å². The first-order chi connectivity index (χ1) is 25.3. The van der Waals surface area contributed by atoms with Gasteiger partial charge in [0.05, 0.1) is 0 Å². The van der Waals surface area contributed by atoms with E-state index in [9.17, 15) is 0 Å². The molecule has 1 aliphatic rings. The van der Waals surface area contributed by atoms with Crippen molar-refractivity contribution < 1.29 is 0 Å². The van der Waals surface area contributed by atoms with Gasteiger partial charge in [-0.05, 0) is 114 Å². The van der Waals surface area contributed by atoms with Gasteiger partial charge in [0, 0.05) is 17.6 Å². The van der Waals surface area contributed by atoms with Crippen LogP contribution < -0.4 is 4.90 Å². The maximum Gasteiger partial charge on any atom is 0.137 e. The molecule has 0 spiro atoms. The molecule has 0 saturated heterocycles. The molecule has 9 aromatic rings. The number of hydrogen-bond donors (Lipinski definition) is 0. The molecule has 2 heteroatoms. The van der Waals surface area contributed by atoms with Crippen molar-refractivity contribution in [1.29, 1.82) is 0 Å². The summed E-state index contributed by atoms with van der Waals surface area (Å²) in [6.45, 7) is 0. The standard InChI is InChI=1S/C49H32N2/c1-4-16-33(17-5-1)45-40-24-10-11-25-41(40)46(34-18-6-2-7-19-34)49-43-30-29-38(39-26-15-27-42(47(39)43)48(45)49)35-20-14-23-37(32-35)51(36-21-8-3-9-22-36)44-28-12-13-31-50-44/h1-32H. The Morgan fingerprint density at radius 3 is 1.49 bits per heavy atom. The minimum atomic E-state index is 0.880. The lowest BCUT2D eigenvalue weighted by atomic mass is 9.82. The molecule has 0 unspecified atom stereocenters. The Morgan fingerprint density at radius 2 is 0.843 bits per heavy atom. The smallest absolute Gasteiger partial charge is 0.137 e. The zero-order valence-electron chi connectivity index (χ0n) is 27.9. The summed E-state index contributed by atoms with van der Waals surface area (Å²) in [5.74, 6) is 0.880. The van der Waals surface area contributed by atoms with Crippen molar-refractivity contribution in [2.24, 2.45) is 0 Å². The summed E-state index contributed by atoms with van der Waals surface area (Å²) in [5.41, 5.74) is 14.8. The molecule has 0 amide bonds. The molecular weight excluding hydrogens is 617 g/mol. The SMILES string of the molecule is c1ccc(-c2c3c(c(-c4ccccc4)c4ccccc24)-c2ccc(-c4cccc(N(c5ccccc5)c5ccccn5)c4)c4cccc-3c24)cc1. The zero-order chi connectivity index (χ0) is 33.7. The van der Waals surface area contributed by atoms with Crippen LogP contribution in [0.25, 0.3) is 77.2 Å². The first-order valence-electron chi connectivity index (χ1n) is 17.5. The third-order valence-electron chi connectivity index (χ3n) is 10.2. The van der Waals surface area contributed by atoms with Gasteiger partial charge in [-0.3, -0.25) is 4.90 Å². The molecule has 0 N–H and O–H groups in total.